The summed E-state index contributed by atoms with van der Waals surface area (Å²) >= 11 is 0. The Bertz CT molecular complexity index is 610. The molecule has 106 valence electrons. The average Bonchev–Trinajstić information content (AvgIpc) is 2.46. The van der Waals surface area contributed by atoms with E-state index in [-0.39, 0.29) is 5.56 Å². The minimum absolute atomic E-state index is 0.256. The van der Waals surface area contributed by atoms with Crippen molar-refractivity contribution in [3.63, 3.8) is 0 Å². The number of rotatable bonds is 6. The van der Waals surface area contributed by atoms with Crippen molar-refractivity contribution in [1.82, 2.24) is 4.98 Å². The Morgan fingerprint density at radius 3 is 2.60 bits per heavy atom. The molecular weight excluding hydrogens is 252 g/mol. The van der Waals surface area contributed by atoms with E-state index in [1.165, 1.54) is 19.0 Å². The standard InChI is InChI=1S/C16H20N2O2/c1-3-4-7-10-18(2)15-13-9-6-5-8-12(13)14(11-17-15)16(19)20/h5-6,8-9,11H,3-4,7,10H2,1-2H3,(H,19,20). The fourth-order valence-corrected chi connectivity index (χ4v) is 2.36. The van der Waals surface area contributed by atoms with Crippen LogP contribution >= 0.6 is 0 Å². The minimum atomic E-state index is -0.936. The van der Waals surface area contributed by atoms with Crippen LogP contribution in [0, 0.1) is 0 Å². The van der Waals surface area contributed by atoms with E-state index in [4.69, 9.17) is 0 Å². The quantitative estimate of drug-likeness (QED) is 0.817. The van der Waals surface area contributed by atoms with Crippen molar-refractivity contribution >= 4 is 22.6 Å². The highest BCUT2D eigenvalue weighted by Crippen LogP contribution is 2.26. The van der Waals surface area contributed by atoms with Crippen molar-refractivity contribution in [3.05, 3.63) is 36.0 Å². The van der Waals surface area contributed by atoms with E-state index in [2.05, 4.69) is 16.8 Å². The van der Waals surface area contributed by atoms with E-state index >= 15 is 0 Å². The van der Waals surface area contributed by atoms with Gasteiger partial charge < -0.3 is 10.0 Å². The number of unbranched alkanes of at least 4 members (excludes halogenated alkanes) is 2. The van der Waals surface area contributed by atoms with E-state index in [1.807, 2.05) is 31.3 Å². The fraction of sp³-hybridized carbons (Fsp3) is 0.375. The lowest BCUT2D eigenvalue weighted by Gasteiger charge is -2.20. The van der Waals surface area contributed by atoms with Crippen LogP contribution in [0.5, 0.6) is 0 Å². The number of nitrogens with zero attached hydrogens (tertiary/aromatic N) is 2. The third kappa shape index (κ3) is 2.90. The maximum atomic E-state index is 11.3. The SMILES string of the molecule is CCCCCN(C)c1ncc(C(=O)O)c2ccccc12. The van der Waals surface area contributed by atoms with Crippen LogP contribution in [0.3, 0.4) is 0 Å². The van der Waals surface area contributed by atoms with Gasteiger partial charge in [-0.25, -0.2) is 9.78 Å². The Labute approximate surface area is 119 Å². The summed E-state index contributed by atoms with van der Waals surface area (Å²) in [6, 6.07) is 7.54. The lowest BCUT2D eigenvalue weighted by molar-refractivity contribution is 0.0698. The molecule has 1 N–H and O–H groups in total. The van der Waals surface area contributed by atoms with Gasteiger partial charge in [0.1, 0.15) is 5.82 Å². The lowest BCUT2D eigenvalue weighted by Crippen LogP contribution is -2.20. The number of hydrogen-bond donors (Lipinski definition) is 1. The predicted octanol–water partition coefficient (Wildman–Crippen LogP) is 3.56. The molecule has 0 saturated heterocycles. The van der Waals surface area contributed by atoms with Crippen molar-refractivity contribution in [3.8, 4) is 0 Å². The third-order valence-corrected chi connectivity index (χ3v) is 3.46. The van der Waals surface area contributed by atoms with Crippen LogP contribution < -0.4 is 4.90 Å². The minimum Gasteiger partial charge on any atom is -0.478 e. The molecule has 0 radical (unpaired) electrons. The van der Waals surface area contributed by atoms with Crippen LogP contribution in [0.4, 0.5) is 5.82 Å². The van der Waals surface area contributed by atoms with Gasteiger partial charge in [-0.15, -0.1) is 0 Å². The molecular formula is C16H20N2O2. The highest BCUT2D eigenvalue weighted by molar-refractivity contribution is 6.06. The van der Waals surface area contributed by atoms with E-state index < -0.39 is 5.97 Å². The summed E-state index contributed by atoms with van der Waals surface area (Å²) in [6.07, 6.45) is 4.94. The zero-order chi connectivity index (χ0) is 14.5. The van der Waals surface area contributed by atoms with Crippen molar-refractivity contribution in [2.45, 2.75) is 26.2 Å². The number of hydrogen-bond acceptors (Lipinski definition) is 3. The van der Waals surface area contributed by atoms with Crippen molar-refractivity contribution in [1.29, 1.82) is 0 Å². The van der Waals surface area contributed by atoms with Gasteiger partial charge in [-0.2, -0.15) is 0 Å². The molecule has 0 bridgehead atoms. The highest BCUT2D eigenvalue weighted by atomic mass is 16.4. The van der Waals surface area contributed by atoms with Crippen molar-refractivity contribution in [2.24, 2.45) is 0 Å². The van der Waals surface area contributed by atoms with Crippen LogP contribution in [0.25, 0.3) is 10.8 Å². The summed E-state index contributed by atoms with van der Waals surface area (Å²) in [4.78, 5) is 17.7. The molecule has 0 unspecified atom stereocenters. The number of pyridine rings is 1. The van der Waals surface area contributed by atoms with Crippen molar-refractivity contribution < 1.29 is 9.90 Å². The van der Waals surface area contributed by atoms with Crippen LogP contribution in [0.2, 0.25) is 0 Å². The normalized spacial score (nSPS) is 10.7. The second-order valence-corrected chi connectivity index (χ2v) is 4.97. The van der Waals surface area contributed by atoms with Gasteiger partial charge in [0, 0.05) is 30.6 Å². The van der Waals surface area contributed by atoms with Gasteiger partial charge in [-0.05, 0) is 6.42 Å². The number of fused-ring (bicyclic) bond motifs is 1. The highest BCUT2D eigenvalue weighted by Gasteiger charge is 2.14. The number of carbonyl (C=O) groups is 1. The molecule has 0 saturated carbocycles. The van der Waals surface area contributed by atoms with Gasteiger partial charge >= 0.3 is 5.97 Å². The second kappa shape index (κ2) is 6.37. The molecule has 1 aromatic carbocycles. The van der Waals surface area contributed by atoms with Crippen LogP contribution in [-0.2, 0) is 0 Å². The molecule has 0 aliphatic carbocycles. The number of aromatic nitrogens is 1. The Balaban J connectivity index is 2.40. The van der Waals surface area contributed by atoms with Gasteiger partial charge in [-0.3, -0.25) is 0 Å². The molecule has 2 rings (SSSR count). The smallest absolute Gasteiger partial charge is 0.337 e. The first-order valence-corrected chi connectivity index (χ1v) is 6.97. The average molecular weight is 272 g/mol. The molecule has 0 atom stereocenters. The summed E-state index contributed by atoms with van der Waals surface area (Å²) in [6.45, 7) is 3.10. The molecule has 0 aliphatic heterocycles. The van der Waals surface area contributed by atoms with E-state index in [0.717, 1.165) is 29.6 Å². The summed E-state index contributed by atoms with van der Waals surface area (Å²) in [7, 11) is 2.00. The number of anilines is 1. The van der Waals surface area contributed by atoms with E-state index in [9.17, 15) is 9.90 Å². The van der Waals surface area contributed by atoms with Gasteiger partial charge in [-0.1, -0.05) is 44.0 Å². The number of aromatic carboxylic acids is 1. The largest absolute Gasteiger partial charge is 0.478 e. The monoisotopic (exact) mass is 272 g/mol. The Morgan fingerprint density at radius 2 is 1.95 bits per heavy atom. The Kier molecular flexibility index (Phi) is 4.56. The lowest BCUT2D eigenvalue weighted by atomic mass is 10.1. The molecule has 4 heteroatoms. The number of carboxylic acids is 1. The second-order valence-electron chi connectivity index (χ2n) is 4.97. The van der Waals surface area contributed by atoms with Crippen molar-refractivity contribution in [2.75, 3.05) is 18.5 Å². The first kappa shape index (κ1) is 14.3. The first-order chi connectivity index (χ1) is 9.65. The zero-order valence-electron chi connectivity index (χ0n) is 12.0. The number of carboxylic acid groups (broad SMARTS) is 1. The molecule has 1 heterocycles. The molecule has 0 fully saturated rings. The van der Waals surface area contributed by atoms with Crippen LogP contribution in [0.15, 0.2) is 30.5 Å². The Hall–Kier alpha value is -2.10. The molecule has 0 spiro atoms. The topological polar surface area (TPSA) is 53.4 Å². The summed E-state index contributed by atoms with van der Waals surface area (Å²) in [5.41, 5.74) is 0.256. The molecule has 20 heavy (non-hydrogen) atoms. The summed E-state index contributed by atoms with van der Waals surface area (Å²) < 4.78 is 0. The maximum Gasteiger partial charge on any atom is 0.337 e. The van der Waals surface area contributed by atoms with Gasteiger partial charge in [0.15, 0.2) is 0 Å². The van der Waals surface area contributed by atoms with Crippen LogP contribution in [0.1, 0.15) is 36.5 Å². The van der Waals surface area contributed by atoms with E-state index in [0.29, 0.717) is 0 Å². The first-order valence-electron chi connectivity index (χ1n) is 6.97. The Morgan fingerprint density at radius 1 is 1.25 bits per heavy atom. The van der Waals surface area contributed by atoms with Crippen LogP contribution in [-0.4, -0.2) is 29.7 Å². The molecule has 4 nitrogen and oxygen atoms in total. The molecule has 1 aromatic heterocycles. The maximum absolute atomic E-state index is 11.3. The van der Waals surface area contributed by atoms with Gasteiger partial charge in [0.05, 0.1) is 5.56 Å². The molecule has 2 aromatic rings. The van der Waals surface area contributed by atoms with Gasteiger partial charge in [0.25, 0.3) is 0 Å². The molecule has 0 aliphatic rings. The fourth-order valence-electron chi connectivity index (χ4n) is 2.36. The van der Waals surface area contributed by atoms with E-state index in [1.54, 1.807) is 0 Å². The van der Waals surface area contributed by atoms with Gasteiger partial charge in [0.2, 0.25) is 0 Å². The number of benzene rings is 1. The summed E-state index contributed by atoms with van der Waals surface area (Å²) in [5, 5.41) is 10.9. The summed E-state index contributed by atoms with van der Waals surface area (Å²) in [5.74, 6) is -0.0874. The molecule has 0 amide bonds. The zero-order valence-corrected chi connectivity index (χ0v) is 12.0. The predicted molar refractivity (Wildman–Crippen MR) is 81.5 cm³/mol. The third-order valence-electron chi connectivity index (χ3n) is 3.46.